The Morgan fingerprint density at radius 2 is 1.55 bits per heavy atom. The molecular formula is C18H18O4. The highest BCUT2D eigenvalue weighted by Crippen LogP contribution is 2.24. The van der Waals surface area contributed by atoms with E-state index in [2.05, 4.69) is 6.58 Å². The van der Waals surface area contributed by atoms with Crippen LogP contribution in [-0.4, -0.2) is 24.3 Å². The van der Waals surface area contributed by atoms with E-state index >= 15 is 0 Å². The Morgan fingerprint density at radius 1 is 1.00 bits per heavy atom. The standard InChI is InChI=1S/C18H18O4/c1-13(2)18(20)22-12-11-21-17-9-5-15(6-10-17)14-3-7-16(19)8-4-14/h3-10,19H,1,11-12H2,2H3. The first-order valence-electron chi connectivity index (χ1n) is 6.91. The van der Waals surface area contributed by atoms with Crippen molar-refractivity contribution in [1.82, 2.24) is 0 Å². The lowest BCUT2D eigenvalue weighted by atomic mass is 10.1. The lowest BCUT2D eigenvalue weighted by molar-refractivity contribution is -0.139. The van der Waals surface area contributed by atoms with Crippen LogP contribution in [0.1, 0.15) is 6.92 Å². The molecule has 0 heterocycles. The molecule has 0 aromatic heterocycles. The molecule has 0 amide bonds. The molecule has 0 aliphatic heterocycles. The first kappa shape index (κ1) is 15.6. The Bertz CT molecular complexity index is 642. The summed E-state index contributed by atoms with van der Waals surface area (Å²) >= 11 is 0. The Labute approximate surface area is 129 Å². The molecule has 0 bridgehead atoms. The second-order valence-electron chi connectivity index (χ2n) is 4.84. The van der Waals surface area contributed by atoms with Gasteiger partial charge in [0.25, 0.3) is 0 Å². The normalized spacial score (nSPS) is 10.0. The van der Waals surface area contributed by atoms with Crippen LogP contribution in [0.5, 0.6) is 11.5 Å². The van der Waals surface area contributed by atoms with Gasteiger partial charge in [-0.3, -0.25) is 0 Å². The number of rotatable bonds is 6. The monoisotopic (exact) mass is 298 g/mol. The highest BCUT2D eigenvalue weighted by Gasteiger charge is 2.03. The van der Waals surface area contributed by atoms with E-state index in [9.17, 15) is 9.90 Å². The first-order chi connectivity index (χ1) is 10.6. The molecule has 0 aliphatic rings. The fourth-order valence-electron chi connectivity index (χ4n) is 1.81. The molecular weight excluding hydrogens is 280 g/mol. The number of hydrogen-bond acceptors (Lipinski definition) is 4. The van der Waals surface area contributed by atoms with E-state index in [0.717, 1.165) is 11.1 Å². The maximum atomic E-state index is 11.2. The molecule has 114 valence electrons. The summed E-state index contributed by atoms with van der Waals surface area (Å²) in [6.07, 6.45) is 0. The second kappa shape index (κ2) is 7.31. The van der Waals surface area contributed by atoms with Gasteiger partial charge in [-0.1, -0.05) is 30.8 Å². The molecule has 2 aromatic rings. The average Bonchev–Trinajstić information content (AvgIpc) is 2.52. The van der Waals surface area contributed by atoms with Crippen LogP contribution in [0.4, 0.5) is 0 Å². The summed E-state index contributed by atoms with van der Waals surface area (Å²) in [4.78, 5) is 11.2. The number of aromatic hydroxyl groups is 1. The SMILES string of the molecule is C=C(C)C(=O)OCCOc1ccc(-c2ccc(O)cc2)cc1. The van der Waals surface area contributed by atoms with Crippen molar-refractivity contribution >= 4 is 5.97 Å². The van der Waals surface area contributed by atoms with Gasteiger partial charge in [-0.25, -0.2) is 4.79 Å². The molecule has 22 heavy (non-hydrogen) atoms. The summed E-state index contributed by atoms with van der Waals surface area (Å²) in [7, 11) is 0. The lowest BCUT2D eigenvalue weighted by Gasteiger charge is -2.08. The van der Waals surface area contributed by atoms with Gasteiger partial charge in [-0.15, -0.1) is 0 Å². The van der Waals surface area contributed by atoms with Gasteiger partial charge in [0.15, 0.2) is 0 Å². The molecule has 2 aromatic carbocycles. The number of carbonyl (C=O) groups is 1. The number of hydrogen-bond donors (Lipinski definition) is 1. The molecule has 0 unspecified atom stereocenters. The van der Waals surface area contributed by atoms with Crippen LogP contribution >= 0.6 is 0 Å². The van der Waals surface area contributed by atoms with Gasteiger partial charge in [-0.2, -0.15) is 0 Å². The summed E-state index contributed by atoms with van der Waals surface area (Å²) in [6, 6.07) is 14.6. The van der Waals surface area contributed by atoms with Gasteiger partial charge in [0, 0.05) is 5.57 Å². The van der Waals surface area contributed by atoms with Crippen LogP contribution < -0.4 is 4.74 Å². The van der Waals surface area contributed by atoms with Crippen LogP contribution in [0.25, 0.3) is 11.1 Å². The summed E-state index contributed by atoms with van der Waals surface area (Å²) in [6.45, 7) is 5.58. The van der Waals surface area contributed by atoms with Crippen LogP contribution in [-0.2, 0) is 9.53 Å². The summed E-state index contributed by atoms with van der Waals surface area (Å²) < 4.78 is 10.4. The van der Waals surface area contributed by atoms with Crippen molar-refractivity contribution in [3.63, 3.8) is 0 Å². The molecule has 4 heteroatoms. The molecule has 1 N–H and O–H groups in total. The summed E-state index contributed by atoms with van der Waals surface area (Å²) in [5.74, 6) is 0.535. The quantitative estimate of drug-likeness (QED) is 0.503. The van der Waals surface area contributed by atoms with Gasteiger partial charge < -0.3 is 14.6 Å². The Kier molecular flexibility index (Phi) is 5.20. The number of phenols is 1. The highest BCUT2D eigenvalue weighted by atomic mass is 16.6. The number of benzene rings is 2. The van der Waals surface area contributed by atoms with E-state index in [1.54, 1.807) is 19.1 Å². The number of ether oxygens (including phenoxy) is 2. The minimum Gasteiger partial charge on any atom is -0.508 e. The molecule has 0 spiro atoms. The number of esters is 1. The van der Waals surface area contributed by atoms with Crippen LogP contribution in [0, 0.1) is 0 Å². The highest BCUT2D eigenvalue weighted by molar-refractivity contribution is 5.86. The molecule has 0 aliphatic carbocycles. The number of phenolic OH excluding ortho intramolecular Hbond substituents is 1. The molecule has 0 saturated heterocycles. The predicted octanol–water partition coefficient (Wildman–Crippen LogP) is 3.56. The third-order valence-corrected chi connectivity index (χ3v) is 2.99. The van der Waals surface area contributed by atoms with Crippen molar-refractivity contribution in [1.29, 1.82) is 0 Å². The van der Waals surface area contributed by atoms with Crippen molar-refractivity contribution in [3.8, 4) is 22.6 Å². The smallest absolute Gasteiger partial charge is 0.333 e. The zero-order valence-corrected chi connectivity index (χ0v) is 12.4. The van der Waals surface area contributed by atoms with Crippen LogP contribution in [0.3, 0.4) is 0 Å². The van der Waals surface area contributed by atoms with Gasteiger partial charge >= 0.3 is 5.97 Å². The number of carbonyl (C=O) groups excluding carboxylic acids is 1. The topological polar surface area (TPSA) is 55.8 Å². The maximum absolute atomic E-state index is 11.2. The third-order valence-electron chi connectivity index (χ3n) is 2.99. The molecule has 2 rings (SSSR count). The second-order valence-corrected chi connectivity index (χ2v) is 4.84. The lowest BCUT2D eigenvalue weighted by Crippen LogP contribution is -2.12. The van der Waals surface area contributed by atoms with Crippen molar-refractivity contribution in [3.05, 3.63) is 60.7 Å². The fraction of sp³-hybridized carbons (Fsp3) is 0.167. The summed E-state index contributed by atoms with van der Waals surface area (Å²) in [5.41, 5.74) is 2.42. The zero-order chi connectivity index (χ0) is 15.9. The minimum atomic E-state index is -0.411. The first-order valence-corrected chi connectivity index (χ1v) is 6.91. The van der Waals surface area contributed by atoms with E-state index in [0.29, 0.717) is 11.3 Å². The molecule has 0 saturated carbocycles. The van der Waals surface area contributed by atoms with E-state index in [1.807, 2.05) is 36.4 Å². The fourth-order valence-corrected chi connectivity index (χ4v) is 1.81. The minimum absolute atomic E-state index is 0.186. The largest absolute Gasteiger partial charge is 0.508 e. The van der Waals surface area contributed by atoms with Crippen molar-refractivity contribution < 1.29 is 19.4 Å². The maximum Gasteiger partial charge on any atom is 0.333 e. The molecule has 0 fully saturated rings. The third kappa shape index (κ3) is 4.38. The van der Waals surface area contributed by atoms with E-state index < -0.39 is 5.97 Å². The molecule has 4 nitrogen and oxygen atoms in total. The Morgan fingerprint density at radius 3 is 2.09 bits per heavy atom. The Balaban J connectivity index is 1.86. The van der Waals surface area contributed by atoms with Crippen molar-refractivity contribution in [2.24, 2.45) is 0 Å². The van der Waals surface area contributed by atoms with Crippen molar-refractivity contribution in [2.45, 2.75) is 6.92 Å². The van der Waals surface area contributed by atoms with Crippen LogP contribution in [0.15, 0.2) is 60.7 Å². The van der Waals surface area contributed by atoms with Gasteiger partial charge in [0.05, 0.1) is 0 Å². The Hall–Kier alpha value is -2.75. The van der Waals surface area contributed by atoms with Gasteiger partial charge in [0.2, 0.25) is 0 Å². The van der Waals surface area contributed by atoms with Gasteiger partial charge in [-0.05, 0) is 42.3 Å². The van der Waals surface area contributed by atoms with E-state index in [4.69, 9.17) is 9.47 Å². The van der Waals surface area contributed by atoms with Crippen molar-refractivity contribution in [2.75, 3.05) is 13.2 Å². The van der Waals surface area contributed by atoms with Crippen LogP contribution in [0.2, 0.25) is 0 Å². The molecule has 0 atom stereocenters. The predicted molar refractivity (Wildman–Crippen MR) is 84.8 cm³/mol. The zero-order valence-electron chi connectivity index (χ0n) is 12.4. The summed E-state index contributed by atoms with van der Waals surface area (Å²) in [5, 5.41) is 9.28. The average molecular weight is 298 g/mol. The van der Waals surface area contributed by atoms with E-state index in [-0.39, 0.29) is 19.0 Å². The van der Waals surface area contributed by atoms with E-state index in [1.165, 1.54) is 0 Å². The molecule has 0 radical (unpaired) electrons. The van der Waals surface area contributed by atoms with Gasteiger partial charge in [0.1, 0.15) is 24.7 Å².